The van der Waals surface area contributed by atoms with Gasteiger partial charge < -0.3 is 0 Å². The molecule has 1 nitrogen and oxygen atoms in total. The molecule has 4 aliphatic rings. The highest BCUT2D eigenvalue weighted by Gasteiger charge is 2.59. The summed E-state index contributed by atoms with van der Waals surface area (Å²) in [5, 5.41) is 0. The normalized spacial score (nSPS) is 43.9. The maximum Gasteiger partial charge on any atom is 0.136 e. The summed E-state index contributed by atoms with van der Waals surface area (Å²) >= 11 is 0. The van der Waals surface area contributed by atoms with Crippen molar-refractivity contribution in [1.82, 2.24) is 0 Å². The van der Waals surface area contributed by atoms with Gasteiger partial charge >= 0.3 is 0 Å². The minimum absolute atomic E-state index is 0.267. The minimum atomic E-state index is 0.267. The van der Waals surface area contributed by atoms with Crippen LogP contribution in [0.15, 0.2) is 23.3 Å². The smallest absolute Gasteiger partial charge is 0.136 e. The monoisotopic (exact) mass is 424 g/mol. The Hall–Kier alpha value is -0.850. The van der Waals surface area contributed by atoms with Gasteiger partial charge in [0.15, 0.2) is 0 Å². The molecule has 3 saturated carbocycles. The van der Waals surface area contributed by atoms with Gasteiger partial charge in [0, 0.05) is 12.3 Å². The lowest BCUT2D eigenvalue weighted by molar-refractivity contribution is -0.134. The summed E-state index contributed by atoms with van der Waals surface area (Å²) in [5.74, 6) is 5.30. The van der Waals surface area contributed by atoms with Gasteiger partial charge in [-0.15, -0.1) is 0 Å². The second-order valence-corrected chi connectivity index (χ2v) is 12.7. The molecule has 0 amide bonds. The summed E-state index contributed by atoms with van der Waals surface area (Å²) in [6, 6.07) is 0. The maximum atomic E-state index is 12.5. The van der Waals surface area contributed by atoms with Gasteiger partial charge in [0.25, 0.3) is 0 Å². The molecule has 4 rings (SSSR count). The molecule has 0 N–H and O–H groups in total. The van der Waals surface area contributed by atoms with Crippen molar-refractivity contribution in [1.29, 1.82) is 0 Å². The highest BCUT2D eigenvalue weighted by Crippen LogP contribution is 2.67. The van der Waals surface area contributed by atoms with Gasteiger partial charge in [-0.3, -0.25) is 4.79 Å². The maximum absolute atomic E-state index is 12.5. The SMILES string of the molecule is C/C=C(/CC[C@@H](C)[C@H]1CC[C@H]2C3=CCC4[C@@H](C)C(=O)CC[C@]4(C)[C@H]3CC[C@]12C)C(C)C. The van der Waals surface area contributed by atoms with E-state index in [2.05, 4.69) is 60.6 Å². The molecule has 174 valence electrons. The first-order chi connectivity index (χ1) is 14.6. The van der Waals surface area contributed by atoms with Crippen molar-refractivity contribution in [3.8, 4) is 0 Å². The Kier molecular flexibility index (Phi) is 6.39. The number of hydrogen-bond donors (Lipinski definition) is 0. The largest absolute Gasteiger partial charge is 0.299 e. The lowest BCUT2D eigenvalue weighted by Crippen LogP contribution is -2.51. The third-order valence-corrected chi connectivity index (χ3v) is 11.1. The van der Waals surface area contributed by atoms with Crippen molar-refractivity contribution in [2.45, 2.75) is 106 Å². The lowest BCUT2D eigenvalue weighted by atomic mass is 9.46. The predicted molar refractivity (Wildman–Crippen MR) is 132 cm³/mol. The molecule has 0 aromatic rings. The van der Waals surface area contributed by atoms with Gasteiger partial charge in [-0.25, -0.2) is 0 Å². The fourth-order valence-corrected chi connectivity index (χ4v) is 9.10. The first-order valence-electron chi connectivity index (χ1n) is 13.5. The molecule has 4 aliphatic carbocycles. The van der Waals surface area contributed by atoms with Crippen molar-refractivity contribution in [2.24, 2.45) is 52.3 Å². The molecule has 31 heavy (non-hydrogen) atoms. The van der Waals surface area contributed by atoms with Crippen molar-refractivity contribution in [3.05, 3.63) is 23.3 Å². The number of hydrogen-bond acceptors (Lipinski definition) is 1. The van der Waals surface area contributed by atoms with E-state index in [0.29, 0.717) is 28.4 Å². The summed E-state index contributed by atoms with van der Waals surface area (Å²) in [6.07, 6.45) is 16.4. The van der Waals surface area contributed by atoms with E-state index in [9.17, 15) is 4.79 Å². The molecule has 0 bridgehead atoms. The van der Waals surface area contributed by atoms with Gasteiger partial charge in [-0.05, 0) is 105 Å². The fraction of sp³-hybridized carbons (Fsp3) is 0.833. The number of fused-ring (bicyclic) bond motifs is 5. The topological polar surface area (TPSA) is 17.1 Å². The second kappa shape index (κ2) is 8.49. The van der Waals surface area contributed by atoms with Crippen LogP contribution >= 0.6 is 0 Å². The van der Waals surface area contributed by atoms with Crippen LogP contribution in [0.2, 0.25) is 0 Å². The van der Waals surface area contributed by atoms with E-state index in [1.54, 1.807) is 5.57 Å². The molecule has 0 aliphatic heterocycles. The third-order valence-electron chi connectivity index (χ3n) is 11.1. The predicted octanol–water partition coefficient (Wildman–Crippen LogP) is 8.40. The third kappa shape index (κ3) is 3.71. The highest BCUT2D eigenvalue weighted by molar-refractivity contribution is 5.82. The van der Waals surface area contributed by atoms with E-state index in [-0.39, 0.29) is 5.92 Å². The number of Topliss-reactive ketones (excluding diaryl/α,β-unsaturated/α-hetero) is 1. The fourth-order valence-electron chi connectivity index (χ4n) is 9.10. The standard InChI is InChI=1S/C30H48O/c1-8-22(19(2)3)10-9-20(4)24-13-14-26-23-11-12-25-21(5)28(31)16-18-30(25,7)27(23)15-17-29(24,26)6/h8,11,19-21,24-27H,9-10,12-18H2,1-7H3/b22-8-/t20-,21-,24-,25?,26+,27+,29-,30+/m1/s1. The van der Waals surface area contributed by atoms with Crippen LogP contribution in [0.3, 0.4) is 0 Å². The van der Waals surface area contributed by atoms with Crippen LogP contribution in [-0.4, -0.2) is 5.78 Å². The zero-order chi connectivity index (χ0) is 22.6. The Morgan fingerprint density at radius 1 is 1.10 bits per heavy atom. The van der Waals surface area contributed by atoms with Gasteiger partial charge in [0.05, 0.1) is 0 Å². The van der Waals surface area contributed by atoms with E-state index in [1.165, 1.54) is 38.5 Å². The molecular formula is C30H48O. The molecule has 0 saturated heterocycles. The molecule has 0 aromatic carbocycles. The summed E-state index contributed by atoms with van der Waals surface area (Å²) in [5.41, 5.74) is 4.33. The van der Waals surface area contributed by atoms with E-state index in [4.69, 9.17) is 0 Å². The van der Waals surface area contributed by atoms with Gasteiger partial charge in [0.2, 0.25) is 0 Å². The van der Waals surface area contributed by atoms with Gasteiger partial charge in [0.1, 0.15) is 5.78 Å². The van der Waals surface area contributed by atoms with E-state index >= 15 is 0 Å². The van der Waals surface area contributed by atoms with E-state index in [0.717, 1.165) is 42.9 Å². The molecular weight excluding hydrogens is 376 g/mol. The molecule has 0 radical (unpaired) electrons. The van der Waals surface area contributed by atoms with Crippen LogP contribution in [0.4, 0.5) is 0 Å². The average molecular weight is 425 g/mol. The van der Waals surface area contributed by atoms with Crippen LogP contribution < -0.4 is 0 Å². The molecule has 1 unspecified atom stereocenters. The molecule has 0 spiro atoms. The molecule has 0 heterocycles. The van der Waals surface area contributed by atoms with Crippen molar-refractivity contribution >= 4 is 5.78 Å². The van der Waals surface area contributed by atoms with Gasteiger partial charge in [-0.2, -0.15) is 0 Å². The van der Waals surface area contributed by atoms with E-state index < -0.39 is 0 Å². The minimum Gasteiger partial charge on any atom is -0.299 e. The van der Waals surface area contributed by atoms with Crippen LogP contribution in [0.5, 0.6) is 0 Å². The Bertz CT molecular complexity index is 756. The van der Waals surface area contributed by atoms with Crippen molar-refractivity contribution in [2.75, 3.05) is 0 Å². The van der Waals surface area contributed by atoms with Crippen LogP contribution in [0.25, 0.3) is 0 Å². The number of allylic oxidation sites excluding steroid dienone is 4. The van der Waals surface area contributed by atoms with Gasteiger partial charge in [-0.1, -0.05) is 64.8 Å². The number of carbonyl (C=O) groups is 1. The van der Waals surface area contributed by atoms with Crippen LogP contribution in [0, 0.1) is 52.3 Å². The summed E-state index contributed by atoms with van der Waals surface area (Å²) < 4.78 is 0. The summed E-state index contributed by atoms with van der Waals surface area (Å²) in [7, 11) is 0. The molecule has 0 aromatic heterocycles. The molecule has 8 atom stereocenters. The Balaban J connectivity index is 1.52. The Morgan fingerprint density at radius 3 is 2.48 bits per heavy atom. The van der Waals surface area contributed by atoms with Crippen molar-refractivity contribution in [3.63, 3.8) is 0 Å². The highest BCUT2D eigenvalue weighted by atomic mass is 16.1. The van der Waals surface area contributed by atoms with Crippen LogP contribution in [-0.2, 0) is 4.79 Å². The number of rotatable bonds is 5. The molecule has 1 heteroatoms. The number of ketones is 1. The molecule has 3 fully saturated rings. The summed E-state index contributed by atoms with van der Waals surface area (Å²) in [4.78, 5) is 12.5. The summed E-state index contributed by atoms with van der Waals surface area (Å²) in [6.45, 7) is 16.9. The first kappa shape index (κ1) is 23.3. The van der Waals surface area contributed by atoms with Crippen molar-refractivity contribution < 1.29 is 4.79 Å². The zero-order valence-corrected chi connectivity index (χ0v) is 21.5. The Labute approximate surface area is 192 Å². The van der Waals surface area contributed by atoms with Crippen LogP contribution in [0.1, 0.15) is 106 Å². The zero-order valence-electron chi connectivity index (χ0n) is 21.5. The lowest BCUT2D eigenvalue weighted by Gasteiger charge is -2.58. The quantitative estimate of drug-likeness (QED) is 0.405. The first-order valence-corrected chi connectivity index (χ1v) is 13.5. The number of carbonyl (C=O) groups excluding carboxylic acids is 1. The van der Waals surface area contributed by atoms with E-state index in [1.807, 2.05) is 5.57 Å². The Morgan fingerprint density at radius 2 is 1.81 bits per heavy atom. The average Bonchev–Trinajstić information content (AvgIpc) is 3.08. The second-order valence-electron chi connectivity index (χ2n) is 12.7.